The van der Waals surface area contributed by atoms with Crippen LogP contribution in [0.1, 0.15) is 18.6 Å². The van der Waals surface area contributed by atoms with Gasteiger partial charge in [0.25, 0.3) is 0 Å². The molecule has 3 N–H and O–H groups in total. The highest BCUT2D eigenvalue weighted by Gasteiger charge is 2.23. The predicted molar refractivity (Wildman–Crippen MR) is 73.4 cm³/mol. The van der Waals surface area contributed by atoms with Crippen LogP contribution in [-0.4, -0.2) is 48.8 Å². The van der Waals surface area contributed by atoms with E-state index in [0.29, 0.717) is 19.2 Å². The molecule has 0 saturated carbocycles. The van der Waals surface area contributed by atoms with Crippen LogP contribution in [0.2, 0.25) is 0 Å². The lowest BCUT2D eigenvalue weighted by Crippen LogP contribution is -2.46. The number of nitrogens with two attached hydrogens (primary N) is 1. The van der Waals surface area contributed by atoms with Crippen molar-refractivity contribution in [3.8, 4) is 0 Å². The van der Waals surface area contributed by atoms with Crippen molar-refractivity contribution in [2.45, 2.75) is 19.1 Å². The molecule has 1 amide bonds. The lowest BCUT2D eigenvalue weighted by Gasteiger charge is -2.29. The average molecular weight is 302 g/mol. The number of carbonyl (C=O) groups is 1. The van der Waals surface area contributed by atoms with Gasteiger partial charge in [0.2, 0.25) is 5.91 Å². The summed E-state index contributed by atoms with van der Waals surface area (Å²) in [4.78, 5) is 12.9. The van der Waals surface area contributed by atoms with Crippen LogP contribution >= 0.6 is 0 Å². The van der Waals surface area contributed by atoms with Gasteiger partial charge in [0, 0.05) is 31.8 Å². The Labute approximate surface area is 122 Å². The lowest BCUT2D eigenvalue weighted by molar-refractivity contribution is -0.123. The van der Waals surface area contributed by atoms with E-state index < -0.39 is 29.7 Å². The van der Waals surface area contributed by atoms with E-state index in [-0.39, 0.29) is 12.1 Å². The Morgan fingerprint density at radius 3 is 2.67 bits per heavy atom. The number of primary amides is 1. The number of amides is 1. The molecule has 0 radical (unpaired) electrons. The molecule has 7 heteroatoms. The molecule has 0 fully saturated rings. The maximum atomic E-state index is 13.6. The normalized spacial score (nSPS) is 14.2. The molecule has 5 nitrogen and oxygen atoms in total. The first-order chi connectivity index (χ1) is 9.86. The topological polar surface area (TPSA) is 75.8 Å². The molecule has 118 valence electrons. The van der Waals surface area contributed by atoms with Crippen molar-refractivity contribution in [1.29, 1.82) is 0 Å². The number of hydrogen-bond donors (Lipinski definition) is 2. The van der Waals surface area contributed by atoms with E-state index in [0.717, 1.165) is 6.07 Å². The van der Waals surface area contributed by atoms with Gasteiger partial charge in [0.15, 0.2) is 0 Å². The standard InChI is InChI=1S/C14H20F2N2O3/c1-9(14(17)20)18(5-6-21-2)8-13(19)11-4-3-10(15)7-12(11)16/h3-4,7,9,13,19H,5-6,8H2,1-2H3,(H2,17,20). The van der Waals surface area contributed by atoms with Gasteiger partial charge < -0.3 is 15.6 Å². The maximum Gasteiger partial charge on any atom is 0.234 e. The summed E-state index contributed by atoms with van der Waals surface area (Å²) in [6, 6.07) is 2.31. The van der Waals surface area contributed by atoms with Crippen LogP contribution in [0, 0.1) is 11.6 Å². The smallest absolute Gasteiger partial charge is 0.234 e. The third-order valence-corrected chi connectivity index (χ3v) is 3.27. The number of benzene rings is 1. The van der Waals surface area contributed by atoms with Crippen LogP contribution in [0.15, 0.2) is 18.2 Å². The SMILES string of the molecule is COCCN(CC(O)c1ccc(F)cc1F)C(C)C(N)=O. The Kier molecular flexibility index (Phi) is 6.67. The maximum absolute atomic E-state index is 13.6. The van der Waals surface area contributed by atoms with Crippen LogP contribution in [-0.2, 0) is 9.53 Å². The van der Waals surface area contributed by atoms with Gasteiger partial charge in [-0.25, -0.2) is 8.78 Å². The Balaban J connectivity index is 2.83. The van der Waals surface area contributed by atoms with Gasteiger partial charge in [0.05, 0.1) is 18.8 Å². The van der Waals surface area contributed by atoms with Crippen LogP contribution in [0.4, 0.5) is 8.78 Å². The van der Waals surface area contributed by atoms with Crippen molar-refractivity contribution < 1.29 is 23.4 Å². The van der Waals surface area contributed by atoms with Crippen molar-refractivity contribution in [2.75, 3.05) is 26.8 Å². The zero-order chi connectivity index (χ0) is 16.0. The third kappa shape index (κ3) is 5.04. The molecule has 0 saturated heterocycles. The van der Waals surface area contributed by atoms with E-state index in [1.54, 1.807) is 11.8 Å². The third-order valence-electron chi connectivity index (χ3n) is 3.27. The van der Waals surface area contributed by atoms with Crippen molar-refractivity contribution >= 4 is 5.91 Å². The number of aliphatic hydroxyl groups is 1. The van der Waals surface area contributed by atoms with Crippen LogP contribution < -0.4 is 5.73 Å². The highest BCUT2D eigenvalue weighted by atomic mass is 19.1. The fourth-order valence-electron chi connectivity index (χ4n) is 1.92. The molecule has 1 aromatic rings. The lowest BCUT2D eigenvalue weighted by atomic mass is 10.1. The minimum atomic E-state index is -1.20. The largest absolute Gasteiger partial charge is 0.387 e. The van der Waals surface area contributed by atoms with E-state index >= 15 is 0 Å². The fraction of sp³-hybridized carbons (Fsp3) is 0.500. The molecule has 0 aliphatic rings. The van der Waals surface area contributed by atoms with Gasteiger partial charge in [0.1, 0.15) is 11.6 Å². The molecule has 0 spiro atoms. The van der Waals surface area contributed by atoms with Crippen molar-refractivity contribution in [2.24, 2.45) is 5.73 Å². The molecule has 0 aliphatic heterocycles. The molecule has 1 aromatic carbocycles. The van der Waals surface area contributed by atoms with E-state index in [2.05, 4.69) is 0 Å². The Hall–Kier alpha value is -1.57. The number of nitrogens with zero attached hydrogens (tertiary/aromatic N) is 1. The zero-order valence-electron chi connectivity index (χ0n) is 12.1. The Morgan fingerprint density at radius 1 is 1.48 bits per heavy atom. The molecule has 2 atom stereocenters. The van der Waals surface area contributed by atoms with E-state index in [9.17, 15) is 18.7 Å². The summed E-state index contributed by atoms with van der Waals surface area (Å²) in [7, 11) is 1.50. The van der Waals surface area contributed by atoms with Gasteiger partial charge in [-0.05, 0) is 13.0 Å². The summed E-state index contributed by atoms with van der Waals surface area (Å²) in [5.74, 6) is -2.11. The molecular formula is C14H20F2N2O3. The van der Waals surface area contributed by atoms with Crippen molar-refractivity contribution in [1.82, 2.24) is 4.90 Å². The van der Waals surface area contributed by atoms with E-state index in [4.69, 9.17) is 10.5 Å². The van der Waals surface area contributed by atoms with Gasteiger partial charge in [-0.1, -0.05) is 6.07 Å². The second-order valence-electron chi connectivity index (χ2n) is 4.75. The summed E-state index contributed by atoms with van der Waals surface area (Å²) in [5.41, 5.74) is 5.21. The summed E-state index contributed by atoms with van der Waals surface area (Å²) in [6.07, 6.45) is -1.20. The van der Waals surface area contributed by atoms with Crippen molar-refractivity contribution in [3.05, 3.63) is 35.4 Å². The average Bonchev–Trinajstić information content (AvgIpc) is 2.42. The summed E-state index contributed by atoms with van der Waals surface area (Å²) < 4.78 is 31.4. The minimum absolute atomic E-state index is 0.0178. The van der Waals surface area contributed by atoms with Crippen LogP contribution in [0.5, 0.6) is 0 Å². The second-order valence-corrected chi connectivity index (χ2v) is 4.75. The van der Waals surface area contributed by atoms with Gasteiger partial charge in [-0.15, -0.1) is 0 Å². The number of hydrogen-bond acceptors (Lipinski definition) is 4. The molecule has 0 bridgehead atoms. The van der Waals surface area contributed by atoms with E-state index in [1.807, 2.05) is 0 Å². The van der Waals surface area contributed by atoms with Gasteiger partial charge in [-0.3, -0.25) is 9.69 Å². The van der Waals surface area contributed by atoms with Gasteiger partial charge in [-0.2, -0.15) is 0 Å². The number of rotatable bonds is 8. The summed E-state index contributed by atoms with van der Waals surface area (Å²) in [6.45, 7) is 2.25. The molecule has 0 aromatic heterocycles. The molecule has 0 aliphatic carbocycles. The number of halogens is 2. The number of ether oxygens (including phenoxy) is 1. The molecule has 2 unspecified atom stereocenters. The van der Waals surface area contributed by atoms with Crippen LogP contribution in [0.3, 0.4) is 0 Å². The molecule has 21 heavy (non-hydrogen) atoms. The molecule has 0 heterocycles. The highest BCUT2D eigenvalue weighted by molar-refractivity contribution is 5.79. The van der Waals surface area contributed by atoms with Crippen LogP contribution in [0.25, 0.3) is 0 Å². The Bertz CT molecular complexity index is 485. The van der Waals surface area contributed by atoms with Gasteiger partial charge >= 0.3 is 0 Å². The first-order valence-corrected chi connectivity index (χ1v) is 6.52. The fourth-order valence-corrected chi connectivity index (χ4v) is 1.92. The second kappa shape index (κ2) is 8.02. The number of aliphatic hydroxyl groups excluding tert-OH is 1. The quantitative estimate of drug-likeness (QED) is 0.745. The predicted octanol–water partition coefficient (Wildman–Crippen LogP) is 0.820. The minimum Gasteiger partial charge on any atom is -0.387 e. The first kappa shape index (κ1) is 17.5. The molecule has 1 rings (SSSR count). The van der Waals surface area contributed by atoms with Crippen molar-refractivity contribution in [3.63, 3.8) is 0 Å². The highest BCUT2D eigenvalue weighted by Crippen LogP contribution is 2.20. The zero-order valence-corrected chi connectivity index (χ0v) is 12.1. The molecular weight excluding hydrogens is 282 g/mol. The summed E-state index contributed by atoms with van der Waals surface area (Å²) >= 11 is 0. The Morgan fingerprint density at radius 2 is 2.14 bits per heavy atom. The number of carbonyl (C=O) groups excluding carboxylic acids is 1. The van der Waals surface area contributed by atoms with E-state index in [1.165, 1.54) is 13.2 Å². The monoisotopic (exact) mass is 302 g/mol. The summed E-state index contributed by atoms with van der Waals surface area (Å²) in [5, 5.41) is 10.1. The number of methoxy groups -OCH3 is 1. The first-order valence-electron chi connectivity index (χ1n) is 6.52.